The Bertz CT molecular complexity index is 987. The summed E-state index contributed by atoms with van der Waals surface area (Å²) in [6.07, 6.45) is 3.64. The molecule has 1 aromatic carbocycles. The maximum atomic E-state index is 12.9. The van der Waals surface area contributed by atoms with E-state index in [2.05, 4.69) is 14.8 Å². The van der Waals surface area contributed by atoms with Gasteiger partial charge in [0.1, 0.15) is 5.82 Å². The zero-order valence-corrected chi connectivity index (χ0v) is 18.2. The lowest BCUT2D eigenvalue weighted by Gasteiger charge is -2.35. The SMILES string of the molecule is Cc1cc(N2CCCCC2)nc(N2CCN(C(=O)c3ccc([N+](=O)[O-])cc3Cl)CC2)n1. The molecule has 2 aromatic rings. The Labute approximate surface area is 185 Å². The van der Waals surface area contributed by atoms with E-state index >= 15 is 0 Å². The molecule has 164 valence electrons. The van der Waals surface area contributed by atoms with Crippen LogP contribution in [-0.4, -0.2) is 65.0 Å². The smallest absolute Gasteiger partial charge is 0.270 e. The van der Waals surface area contributed by atoms with E-state index < -0.39 is 4.92 Å². The summed E-state index contributed by atoms with van der Waals surface area (Å²) in [7, 11) is 0. The molecule has 2 saturated heterocycles. The van der Waals surface area contributed by atoms with Crippen molar-refractivity contribution in [1.29, 1.82) is 0 Å². The van der Waals surface area contributed by atoms with Gasteiger partial charge in [0, 0.05) is 63.2 Å². The molecule has 0 spiro atoms. The minimum Gasteiger partial charge on any atom is -0.356 e. The number of nitro groups is 1. The van der Waals surface area contributed by atoms with Gasteiger partial charge in [0.15, 0.2) is 0 Å². The lowest BCUT2D eigenvalue weighted by Crippen LogP contribution is -2.49. The van der Waals surface area contributed by atoms with Crippen molar-refractivity contribution >= 4 is 35.0 Å². The van der Waals surface area contributed by atoms with Crippen LogP contribution in [-0.2, 0) is 0 Å². The van der Waals surface area contributed by atoms with Gasteiger partial charge in [-0.2, -0.15) is 4.98 Å². The fourth-order valence-corrected chi connectivity index (χ4v) is 4.29. The van der Waals surface area contributed by atoms with Crippen molar-refractivity contribution in [3.63, 3.8) is 0 Å². The van der Waals surface area contributed by atoms with E-state index in [-0.39, 0.29) is 22.2 Å². The monoisotopic (exact) mass is 444 g/mol. The van der Waals surface area contributed by atoms with E-state index in [1.54, 1.807) is 4.90 Å². The van der Waals surface area contributed by atoms with Crippen LogP contribution >= 0.6 is 11.6 Å². The molecule has 0 bridgehead atoms. The number of aryl methyl sites for hydroxylation is 1. The molecule has 0 aliphatic carbocycles. The number of amides is 1. The van der Waals surface area contributed by atoms with Crippen LogP contribution in [0.1, 0.15) is 35.3 Å². The van der Waals surface area contributed by atoms with E-state index in [0.29, 0.717) is 32.1 Å². The molecule has 4 rings (SSSR count). The standard InChI is InChI=1S/C21H25ClN6O3/c1-15-13-19(25-7-3-2-4-8-25)24-21(23-15)27-11-9-26(10-12-27)20(29)17-6-5-16(28(30)31)14-18(17)22/h5-6,13-14H,2-4,7-12H2,1H3. The molecule has 2 fully saturated rings. The number of piperidine rings is 1. The first kappa shape index (κ1) is 21.3. The summed E-state index contributed by atoms with van der Waals surface area (Å²) in [6, 6.07) is 5.97. The molecule has 0 atom stereocenters. The van der Waals surface area contributed by atoms with Gasteiger partial charge in [-0.15, -0.1) is 0 Å². The van der Waals surface area contributed by atoms with Crippen LogP contribution in [0.4, 0.5) is 17.5 Å². The Morgan fingerprint density at radius 2 is 1.71 bits per heavy atom. The Morgan fingerprint density at radius 3 is 2.35 bits per heavy atom. The maximum absolute atomic E-state index is 12.9. The van der Waals surface area contributed by atoms with Crippen LogP contribution in [0.15, 0.2) is 24.3 Å². The molecular formula is C21H25ClN6O3. The molecule has 0 saturated carbocycles. The van der Waals surface area contributed by atoms with Crippen molar-refractivity contribution in [1.82, 2.24) is 14.9 Å². The Balaban J connectivity index is 1.43. The molecule has 0 unspecified atom stereocenters. The molecule has 2 aliphatic rings. The fourth-order valence-electron chi connectivity index (χ4n) is 4.03. The Kier molecular flexibility index (Phi) is 6.22. The molecule has 9 nitrogen and oxygen atoms in total. The number of halogens is 1. The molecule has 31 heavy (non-hydrogen) atoms. The zero-order chi connectivity index (χ0) is 22.0. The van der Waals surface area contributed by atoms with Crippen LogP contribution < -0.4 is 9.80 Å². The van der Waals surface area contributed by atoms with Crippen LogP contribution in [0, 0.1) is 17.0 Å². The van der Waals surface area contributed by atoms with Crippen LogP contribution in [0.2, 0.25) is 5.02 Å². The highest BCUT2D eigenvalue weighted by Gasteiger charge is 2.26. The first-order valence-electron chi connectivity index (χ1n) is 10.5. The first-order chi connectivity index (χ1) is 14.9. The maximum Gasteiger partial charge on any atom is 0.270 e. The number of hydrogen-bond acceptors (Lipinski definition) is 7. The van der Waals surface area contributed by atoms with Gasteiger partial charge in [0.05, 0.1) is 15.5 Å². The zero-order valence-electron chi connectivity index (χ0n) is 17.5. The van der Waals surface area contributed by atoms with Crippen molar-refractivity contribution in [3.05, 3.63) is 50.7 Å². The highest BCUT2D eigenvalue weighted by molar-refractivity contribution is 6.34. The summed E-state index contributed by atoms with van der Waals surface area (Å²) in [4.78, 5) is 38.8. The summed E-state index contributed by atoms with van der Waals surface area (Å²) in [6.45, 7) is 6.25. The van der Waals surface area contributed by atoms with E-state index in [1.165, 1.54) is 37.5 Å². The highest BCUT2D eigenvalue weighted by Crippen LogP contribution is 2.25. The second-order valence-electron chi connectivity index (χ2n) is 7.92. The largest absolute Gasteiger partial charge is 0.356 e. The summed E-state index contributed by atoms with van der Waals surface area (Å²) >= 11 is 6.13. The molecule has 10 heteroatoms. The van der Waals surface area contributed by atoms with Crippen molar-refractivity contribution in [2.45, 2.75) is 26.2 Å². The minimum atomic E-state index is -0.529. The number of aromatic nitrogens is 2. The third-order valence-corrected chi connectivity index (χ3v) is 6.07. The molecule has 1 amide bonds. The number of nitrogens with zero attached hydrogens (tertiary/aromatic N) is 6. The number of benzene rings is 1. The predicted molar refractivity (Wildman–Crippen MR) is 119 cm³/mol. The molecule has 0 radical (unpaired) electrons. The normalized spacial score (nSPS) is 17.0. The van der Waals surface area contributed by atoms with Crippen molar-refractivity contribution in [2.75, 3.05) is 49.1 Å². The van der Waals surface area contributed by atoms with E-state index in [0.717, 1.165) is 24.6 Å². The third-order valence-electron chi connectivity index (χ3n) is 5.75. The van der Waals surface area contributed by atoms with Gasteiger partial charge < -0.3 is 14.7 Å². The van der Waals surface area contributed by atoms with Gasteiger partial charge in [-0.25, -0.2) is 4.98 Å². The van der Waals surface area contributed by atoms with Crippen LogP contribution in [0.5, 0.6) is 0 Å². The van der Waals surface area contributed by atoms with Gasteiger partial charge >= 0.3 is 0 Å². The summed E-state index contributed by atoms with van der Waals surface area (Å²) in [5, 5.41) is 11.0. The molecule has 2 aliphatic heterocycles. The van der Waals surface area contributed by atoms with Gasteiger partial charge in [-0.3, -0.25) is 14.9 Å². The average molecular weight is 445 g/mol. The lowest BCUT2D eigenvalue weighted by atomic mass is 10.1. The Morgan fingerprint density at radius 1 is 1.00 bits per heavy atom. The average Bonchev–Trinajstić information content (AvgIpc) is 2.79. The minimum absolute atomic E-state index is 0.0924. The van der Waals surface area contributed by atoms with E-state index in [4.69, 9.17) is 16.6 Å². The van der Waals surface area contributed by atoms with Gasteiger partial charge in [0.25, 0.3) is 11.6 Å². The molecule has 1 aromatic heterocycles. The van der Waals surface area contributed by atoms with Crippen LogP contribution in [0.3, 0.4) is 0 Å². The predicted octanol–water partition coefficient (Wildman–Crippen LogP) is 3.30. The number of anilines is 2. The van der Waals surface area contributed by atoms with Gasteiger partial charge in [-0.05, 0) is 32.3 Å². The number of non-ortho nitro benzene ring substituents is 1. The van der Waals surface area contributed by atoms with Gasteiger partial charge in [-0.1, -0.05) is 11.6 Å². The van der Waals surface area contributed by atoms with Crippen molar-refractivity contribution in [3.8, 4) is 0 Å². The number of piperazine rings is 1. The lowest BCUT2D eigenvalue weighted by molar-refractivity contribution is -0.384. The number of carbonyl (C=O) groups is 1. The molecule has 0 N–H and O–H groups in total. The number of hydrogen-bond donors (Lipinski definition) is 0. The number of carbonyl (C=O) groups excluding carboxylic acids is 1. The van der Waals surface area contributed by atoms with Gasteiger partial charge in [0.2, 0.25) is 5.95 Å². The van der Waals surface area contributed by atoms with E-state index in [9.17, 15) is 14.9 Å². The third kappa shape index (κ3) is 4.71. The number of rotatable bonds is 4. The summed E-state index contributed by atoms with van der Waals surface area (Å²) in [5.74, 6) is 1.44. The first-order valence-corrected chi connectivity index (χ1v) is 10.9. The van der Waals surface area contributed by atoms with Crippen molar-refractivity contribution in [2.24, 2.45) is 0 Å². The van der Waals surface area contributed by atoms with Crippen LogP contribution in [0.25, 0.3) is 0 Å². The molecular weight excluding hydrogens is 420 g/mol. The quantitative estimate of drug-likeness (QED) is 0.527. The molecule has 3 heterocycles. The van der Waals surface area contributed by atoms with Crippen molar-refractivity contribution < 1.29 is 9.72 Å². The number of nitro benzene ring substituents is 1. The Hall–Kier alpha value is -2.94. The topological polar surface area (TPSA) is 95.7 Å². The van der Waals surface area contributed by atoms with E-state index in [1.807, 2.05) is 13.0 Å². The summed E-state index contributed by atoms with van der Waals surface area (Å²) in [5.41, 5.74) is 1.08. The second-order valence-corrected chi connectivity index (χ2v) is 8.32. The summed E-state index contributed by atoms with van der Waals surface area (Å²) < 4.78 is 0. The highest BCUT2D eigenvalue weighted by atomic mass is 35.5. The second kappa shape index (κ2) is 9.05. The fraction of sp³-hybridized carbons (Fsp3) is 0.476.